The molecule has 2 aromatic rings. The molecule has 1 N–H and O–H groups in total. The highest BCUT2D eigenvalue weighted by Crippen LogP contribution is 2.25. The second kappa shape index (κ2) is 7.48. The first kappa shape index (κ1) is 15.9. The molecule has 0 radical (unpaired) electrons. The van der Waals surface area contributed by atoms with Crippen molar-refractivity contribution >= 4 is 39.1 Å². The van der Waals surface area contributed by atoms with E-state index >= 15 is 0 Å². The summed E-state index contributed by atoms with van der Waals surface area (Å²) in [6.07, 6.45) is 1.07. The lowest BCUT2D eigenvalue weighted by atomic mass is 10.1. The molecule has 0 unspecified atom stereocenters. The van der Waals surface area contributed by atoms with Gasteiger partial charge in [0.15, 0.2) is 0 Å². The summed E-state index contributed by atoms with van der Waals surface area (Å²) in [7, 11) is 1.63. The van der Waals surface area contributed by atoms with Gasteiger partial charge >= 0.3 is 0 Å². The number of aryl methyl sites for hydroxylation is 1. The number of ether oxygens (including phenoxy) is 1. The van der Waals surface area contributed by atoms with Gasteiger partial charge in [0.25, 0.3) is 0 Å². The number of carbonyl (C=O) groups is 1. The maximum Gasteiger partial charge on any atom is 0.224 e. The summed E-state index contributed by atoms with van der Waals surface area (Å²) in [6.45, 7) is 0. The number of anilines is 1. The standard InChI is InChI=1S/C16H15BrClNO2/c1-21-13-6-2-11(3-7-13)4-9-16(20)19-15-8-5-12(17)10-14(15)18/h2-3,5-8,10H,4,9H2,1H3,(H,19,20). The van der Waals surface area contributed by atoms with Crippen LogP contribution in [0.3, 0.4) is 0 Å². The molecule has 0 bridgehead atoms. The molecule has 1 amide bonds. The summed E-state index contributed by atoms with van der Waals surface area (Å²) in [4.78, 5) is 11.9. The third kappa shape index (κ3) is 4.76. The Morgan fingerprint density at radius 3 is 2.57 bits per heavy atom. The van der Waals surface area contributed by atoms with Crippen molar-refractivity contribution in [3.05, 3.63) is 57.5 Å². The molecule has 3 nitrogen and oxygen atoms in total. The molecule has 2 aromatic carbocycles. The van der Waals surface area contributed by atoms with Crippen LogP contribution in [-0.4, -0.2) is 13.0 Å². The van der Waals surface area contributed by atoms with Crippen LogP contribution in [0.5, 0.6) is 5.75 Å². The van der Waals surface area contributed by atoms with Gasteiger partial charge in [-0.15, -0.1) is 0 Å². The van der Waals surface area contributed by atoms with E-state index in [-0.39, 0.29) is 5.91 Å². The van der Waals surface area contributed by atoms with Crippen molar-refractivity contribution in [1.82, 2.24) is 0 Å². The number of hydrogen-bond acceptors (Lipinski definition) is 2. The molecule has 0 fully saturated rings. The van der Waals surface area contributed by atoms with E-state index in [1.165, 1.54) is 0 Å². The third-order valence-electron chi connectivity index (χ3n) is 3.01. The summed E-state index contributed by atoms with van der Waals surface area (Å²) in [6, 6.07) is 13.1. The lowest BCUT2D eigenvalue weighted by molar-refractivity contribution is -0.116. The van der Waals surface area contributed by atoms with Gasteiger partial charge in [0.2, 0.25) is 5.91 Å². The van der Waals surface area contributed by atoms with Crippen LogP contribution in [0.15, 0.2) is 46.9 Å². The molecule has 0 heterocycles. The normalized spacial score (nSPS) is 10.2. The number of hydrogen-bond donors (Lipinski definition) is 1. The summed E-state index contributed by atoms with van der Waals surface area (Å²) < 4.78 is 5.98. The number of nitrogens with one attached hydrogen (secondary N) is 1. The SMILES string of the molecule is COc1ccc(CCC(=O)Nc2ccc(Br)cc2Cl)cc1. The van der Waals surface area contributed by atoms with Gasteiger partial charge in [0, 0.05) is 10.9 Å². The average molecular weight is 369 g/mol. The zero-order valence-corrected chi connectivity index (χ0v) is 13.9. The van der Waals surface area contributed by atoms with E-state index in [4.69, 9.17) is 16.3 Å². The van der Waals surface area contributed by atoms with E-state index in [0.717, 1.165) is 15.8 Å². The molecule has 5 heteroatoms. The van der Waals surface area contributed by atoms with Gasteiger partial charge in [-0.25, -0.2) is 0 Å². The second-order valence-corrected chi connectivity index (χ2v) is 5.84. The Bertz CT molecular complexity index is 629. The van der Waals surface area contributed by atoms with Gasteiger partial charge in [-0.3, -0.25) is 4.79 Å². The van der Waals surface area contributed by atoms with Gasteiger partial charge in [-0.1, -0.05) is 39.7 Å². The van der Waals surface area contributed by atoms with Crippen molar-refractivity contribution in [1.29, 1.82) is 0 Å². The number of benzene rings is 2. The van der Waals surface area contributed by atoms with Crippen LogP contribution in [0.25, 0.3) is 0 Å². The van der Waals surface area contributed by atoms with Crippen molar-refractivity contribution in [2.75, 3.05) is 12.4 Å². The molecule has 21 heavy (non-hydrogen) atoms. The Morgan fingerprint density at radius 1 is 1.24 bits per heavy atom. The predicted molar refractivity (Wildman–Crippen MR) is 89.1 cm³/mol. The molecule has 0 spiro atoms. The first-order valence-corrected chi connectivity index (χ1v) is 7.63. The van der Waals surface area contributed by atoms with E-state index in [1.54, 1.807) is 19.2 Å². The minimum Gasteiger partial charge on any atom is -0.497 e. The van der Waals surface area contributed by atoms with Gasteiger partial charge in [-0.2, -0.15) is 0 Å². The molecule has 0 aliphatic carbocycles. The minimum atomic E-state index is -0.0601. The van der Waals surface area contributed by atoms with Crippen LogP contribution in [0, 0.1) is 0 Å². The topological polar surface area (TPSA) is 38.3 Å². The molecule has 2 rings (SSSR count). The highest BCUT2D eigenvalue weighted by atomic mass is 79.9. The average Bonchev–Trinajstić information content (AvgIpc) is 2.48. The van der Waals surface area contributed by atoms with Crippen molar-refractivity contribution in [2.45, 2.75) is 12.8 Å². The molecule has 0 atom stereocenters. The number of rotatable bonds is 5. The van der Waals surface area contributed by atoms with Crippen molar-refractivity contribution < 1.29 is 9.53 Å². The molecular weight excluding hydrogens is 354 g/mol. The fraction of sp³-hybridized carbons (Fsp3) is 0.188. The van der Waals surface area contributed by atoms with Gasteiger partial charge in [-0.05, 0) is 42.3 Å². The molecule has 0 saturated carbocycles. The first-order valence-electron chi connectivity index (χ1n) is 6.46. The van der Waals surface area contributed by atoms with Crippen LogP contribution >= 0.6 is 27.5 Å². The number of methoxy groups -OCH3 is 1. The zero-order valence-electron chi connectivity index (χ0n) is 11.5. The maximum absolute atomic E-state index is 11.9. The summed E-state index contributed by atoms with van der Waals surface area (Å²) in [5.41, 5.74) is 1.72. The lowest BCUT2D eigenvalue weighted by Crippen LogP contribution is -2.12. The Kier molecular flexibility index (Phi) is 5.65. The van der Waals surface area contributed by atoms with E-state index in [9.17, 15) is 4.79 Å². The van der Waals surface area contributed by atoms with Crippen molar-refractivity contribution in [2.24, 2.45) is 0 Å². The summed E-state index contributed by atoms with van der Waals surface area (Å²) >= 11 is 9.39. The van der Waals surface area contributed by atoms with Crippen LogP contribution in [0.2, 0.25) is 5.02 Å². The van der Waals surface area contributed by atoms with E-state index in [2.05, 4.69) is 21.2 Å². The zero-order chi connectivity index (χ0) is 15.2. The molecule has 110 valence electrons. The maximum atomic E-state index is 11.9. The van der Waals surface area contributed by atoms with Crippen LogP contribution in [-0.2, 0) is 11.2 Å². The Hall–Kier alpha value is -1.52. The van der Waals surface area contributed by atoms with Crippen LogP contribution in [0.4, 0.5) is 5.69 Å². The quantitative estimate of drug-likeness (QED) is 0.832. The van der Waals surface area contributed by atoms with Crippen LogP contribution < -0.4 is 10.1 Å². The van der Waals surface area contributed by atoms with Gasteiger partial charge in [0.1, 0.15) is 5.75 Å². The fourth-order valence-corrected chi connectivity index (χ4v) is 2.57. The molecule has 0 aliphatic heterocycles. The van der Waals surface area contributed by atoms with E-state index < -0.39 is 0 Å². The number of carbonyl (C=O) groups excluding carboxylic acids is 1. The first-order chi connectivity index (χ1) is 10.1. The number of halogens is 2. The number of amides is 1. The predicted octanol–water partition coefficient (Wildman–Crippen LogP) is 4.68. The highest BCUT2D eigenvalue weighted by molar-refractivity contribution is 9.10. The Morgan fingerprint density at radius 2 is 1.95 bits per heavy atom. The molecule has 0 saturated heterocycles. The third-order valence-corrected chi connectivity index (χ3v) is 3.81. The summed E-state index contributed by atoms with van der Waals surface area (Å²) in [5.74, 6) is 0.750. The minimum absolute atomic E-state index is 0.0601. The summed E-state index contributed by atoms with van der Waals surface area (Å²) in [5, 5.41) is 3.33. The molecular formula is C16H15BrClNO2. The van der Waals surface area contributed by atoms with Crippen molar-refractivity contribution in [3.8, 4) is 5.75 Å². The fourth-order valence-electron chi connectivity index (χ4n) is 1.85. The smallest absolute Gasteiger partial charge is 0.224 e. The Balaban J connectivity index is 1.89. The highest BCUT2D eigenvalue weighted by Gasteiger charge is 2.07. The Labute approximate surface area is 137 Å². The lowest BCUT2D eigenvalue weighted by Gasteiger charge is -2.08. The van der Waals surface area contributed by atoms with Gasteiger partial charge < -0.3 is 10.1 Å². The van der Waals surface area contributed by atoms with Gasteiger partial charge in [0.05, 0.1) is 17.8 Å². The molecule has 0 aliphatic rings. The van der Waals surface area contributed by atoms with Crippen LogP contribution in [0.1, 0.15) is 12.0 Å². The van der Waals surface area contributed by atoms with Crippen molar-refractivity contribution in [3.63, 3.8) is 0 Å². The van der Waals surface area contributed by atoms with E-state index in [0.29, 0.717) is 23.6 Å². The monoisotopic (exact) mass is 367 g/mol. The largest absolute Gasteiger partial charge is 0.497 e. The second-order valence-electron chi connectivity index (χ2n) is 4.52. The molecule has 0 aromatic heterocycles. The van der Waals surface area contributed by atoms with E-state index in [1.807, 2.05) is 30.3 Å².